The van der Waals surface area contributed by atoms with Crippen molar-refractivity contribution in [2.45, 2.75) is 12.8 Å². The number of hydrazine groups is 1. The van der Waals surface area contributed by atoms with Crippen LogP contribution in [-0.4, -0.2) is 56.1 Å². The summed E-state index contributed by atoms with van der Waals surface area (Å²) in [5.74, 6) is 6.23. The van der Waals surface area contributed by atoms with Gasteiger partial charge in [0.05, 0.1) is 0 Å². The molecule has 0 radical (unpaired) electrons. The van der Waals surface area contributed by atoms with Gasteiger partial charge < -0.3 is 19.3 Å². The minimum absolute atomic E-state index is 0.0135. The number of carbonyl (C=O) groups excluding carboxylic acids is 2. The topological polar surface area (TPSA) is 97.1 Å². The molecule has 8 heteroatoms. The number of hydrogen-bond donors (Lipinski definition) is 2. The number of rotatable bonds is 4. The fourth-order valence-corrected chi connectivity index (χ4v) is 2.89. The second-order valence-electron chi connectivity index (χ2n) is 5.76. The highest BCUT2D eigenvalue weighted by Crippen LogP contribution is 2.34. The van der Waals surface area contributed by atoms with Crippen molar-refractivity contribution >= 4 is 17.5 Å². The molecule has 1 aromatic carbocycles. The van der Waals surface area contributed by atoms with Crippen molar-refractivity contribution in [2.24, 2.45) is 5.84 Å². The molecule has 3 N–H and O–H groups in total. The fraction of sp³-hybridized carbons (Fsp3) is 0.500. The van der Waals surface area contributed by atoms with Gasteiger partial charge in [0.25, 0.3) is 0 Å². The van der Waals surface area contributed by atoms with Crippen LogP contribution in [0.1, 0.15) is 12.8 Å². The Labute approximate surface area is 140 Å². The lowest BCUT2D eigenvalue weighted by Gasteiger charge is -2.36. The molecule has 1 fully saturated rings. The second-order valence-corrected chi connectivity index (χ2v) is 5.76. The monoisotopic (exact) mass is 334 g/mol. The number of amides is 2. The van der Waals surface area contributed by atoms with E-state index in [4.69, 9.17) is 15.3 Å². The highest BCUT2D eigenvalue weighted by molar-refractivity contribution is 5.83. The van der Waals surface area contributed by atoms with Crippen LogP contribution in [0.2, 0.25) is 0 Å². The maximum Gasteiger partial charge on any atom is 0.234 e. The number of nitrogens with zero attached hydrogens (tertiary/aromatic N) is 2. The van der Waals surface area contributed by atoms with E-state index in [9.17, 15) is 9.59 Å². The molecule has 2 aliphatic rings. The zero-order chi connectivity index (χ0) is 16.9. The first-order valence-electron chi connectivity index (χ1n) is 8.09. The lowest BCUT2D eigenvalue weighted by atomic mass is 10.2. The SMILES string of the molecule is NNC(=O)CCC(=O)N1CCN(c2ccc3c(c2)OCCO3)CC1. The van der Waals surface area contributed by atoms with E-state index in [1.54, 1.807) is 4.90 Å². The Balaban J connectivity index is 1.53. The van der Waals surface area contributed by atoms with E-state index in [0.29, 0.717) is 26.3 Å². The van der Waals surface area contributed by atoms with Gasteiger partial charge in [0.15, 0.2) is 11.5 Å². The molecule has 0 spiro atoms. The average molecular weight is 334 g/mol. The van der Waals surface area contributed by atoms with Gasteiger partial charge in [0, 0.05) is 50.8 Å². The van der Waals surface area contributed by atoms with E-state index in [0.717, 1.165) is 30.3 Å². The Morgan fingerprint density at radius 1 is 1.04 bits per heavy atom. The number of piperazine rings is 1. The molecule has 1 saturated heterocycles. The number of nitrogens with one attached hydrogen (secondary N) is 1. The summed E-state index contributed by atoms with van der Waals surface area (Å²) in [5, 5.41) is 0. The van der Waals surface area contributed by atoms with Crippen molar-refractivity contribution in [1.29, 1.82) is 0 Å². The third-order valence-corrected chi connectivity index (χ3v) is 4.25. The molecule has 24 heavy (non-hydrogen) atoms. The van der Waals surface area contributed by atoms with Crippen LogP contribution in [0.4, 0.5) is 5.69 Å². The predicted octanol–water partition coefficient (Wildman–Crippen LogP) is -0.124. The normalized spacial score (nSPS) is 16.7. The van der Waals surface area contributed by atoms with E-state index in [-0.39, 0.29) is 24.7 Å². The molecule has 0 saturated carbocycles. The molecule has 8 nitrogen and oxygen atoms in total. The van der Waals surface area contributed by atoms with Crippen molar-refractivity contribution in [3.05, 3.63) is 18.2 Å². The van der Waals surface area contributed by atoms with Crippen LogP contribution in [0.5, 0.6) is 11.5 Å². The molecule has 1 aromatic rings. The molecule has 2 amide bonds. The predicted molar refractivity (Wildman–Crippen MR) is 87.8 cm³/mol. The summed E-state index contributed by atoms with van der Waals surface area (Å²) in [6.07, 6.45) is 0.310. The number of fused-ring (bicyclic) bond motifs is 1. The van der Waals surface area contributed by atoms with Gasteiger partial charge in [0.1, 0.15) is 13.2 Å². The average Bonchev–Trinajstić information content (AvgIpc) is 2.65. The summed E-state index contributed by atoms with van der Waals surface area (Å²) in [5.41, 5.74) is 3.10. The Hall–Kier alpha value is -2.48. The lowest BCUT2D eigenvalue weighted by Crippen LogP contribution is -2.49. The fourth-order valence-electron chi connectivity index (χ4n) is 2.89. The van der Waals surface area contributed by atoms with E-state index in [2.05, 4.69) is 4.90 Å². The van der Waals surface area contributed by atoms with Gasteiger partial charge in [-0.3, -0.25) is 15.0 Å². The van der Waals surface area contributed by atoms with Crippen LogP contribution in [0, 0.1) is 0 Å². The molecule has 130 valence electrons. The third kappa shape index (κ3) is 3.70. The van der Waals surface area contributed by atoms with Gasteiger partial charge in [-0.25, -0.2) is 5.84 Å². The lowest BCUT2D eigenvalue weighted by molar-refractivity contribution is -0.133. The first kappa shape index (κ1) is 16.4. The molecule has 0 unspecified atom stereocenters. The number of hydrogen-bond acceptors (Lipinski definition) is 6. The minimum atomic E-state index is -0.321. The first-order chi connectivity index (χ1) is 11.7. The molecule has 2 aliphatic heterocycles. The van der Waals surface area contributed by atoms with E-state index >= 15 is 0 Å². The summed E-state index contributed by atoms with van der Waals surface area (Å²) in [4.78, 5) is 27.2. The first-order valence-corrected chi connectivity index (χ1v) is 8.09. The van der Waals surface area contributed by atoms with Crippen LogP contribution in [0.3, 0.4) is 0 Å². The van der Waals surface area contributed by atoms with Crippen molar-refractivity contribution in [3.8, 4) is 11.5 Å². The second kappa shape index (κ2) is 7.39. The smallest absolute Gasteiger partial charge is 0.234 e. The molecule has 3 rings (SSSR count). The van der Waals surface area contributed by atoms with Crippen LogP contribution in [0.25, 0.3) is 0 Å². The van der Waals surface area contributed by atoms with E-state index in [1.165, 1.54) is 0 Å². The maximum absolute atomic E-state index is 12.1. The number of anilines is 1. The van der Waals surface area contributed by atoms with Gasteiger partial charge in [-0.05, 0) is 12.1 Å². The summed E-state index contributed by atoms with van der Waals surface area (Å²) >= 11 is 0. The zero-order valence-corrected chi connectivity index (χ0v) is 13.5. The number of ether oxygens (including phenoxy) is 2. The zero-order valence-electron chi connectivity index (χ0n) is 13.5. The quantitative estimate of drug-likeness (QED) is 0.452. The number of nitrogens with two attached hydrogens (primary N) is 1. The third-order valence-electron chi connectivity index (χ3n) is 4.25. The highest BCUT2D eigenvalue weighted by Gasteiger charge is 2.22. The molecular formula is C16H22N4O4. The van der Waals surface area contributed by atoms with Gasteiger partial charge in [-0.1, -0.05) is 0 Å². The minimum Gasteiger partial charge on any atom is -0.486 e. The molecule has 0 bridgehead atoms. The van der Waals surface area contributed by atoms with Crippen molar-refractivity contribution < 1.29 is 19.1 Å². The molecule has 0 aromatic heterocycles. The van der Waals surface area contributed by atoms with Crippen LogP contribution in [0.15, 0.2) is 18.2 Å². The molecule has 2 heterocycles. The number of carbonyl (C=O) groups is 2. The molecule has 0 atom stereocenters. The Morgan fingerprint density at radius 3 is 2.46 bits per heavy atom. The standard InChI is InChI=1S/C16H22N4O4/c17-18-15(21)3-4-16(22)20-7-5-19(6-8-20)12-1-2-13-14(11-12)24-10-9-23-13/h1-2,11H,3-10,17H2,(H,18,21). The summed E-state index contributed by atoms with van der Waals surface area (Å²) in [6.45, 7) is 3.91. The van der Waals surface area contributed by atoms with Gasteiger partial charge >= 0.3 is 0 Å². The van der Waals surface area contributed by atoms with Crippen LogP contribution in [-0.2, 0) is 9.59 Å². The van der Waals surface area contributed by atoms with E-state index in [1.807, 2.05) is 23.6 Å². The van der Waals surface area contributed by atoms with E-state index < -0.39 is 0 Å². The summed E-state index contributed by atoms with van der Waals surface area (Å²) in [6, 6.07) is 5.92. The maximum atomic E-state index is 12.1. The largest absolute Gasteiger partial charge is 0.486 e. The van der Waals surface area contributed by atoms with Crippen LogP contribution < -0.4 is 25.6 Å². The Morgan fingerprint density at radius 2 is 1.75 bits per heavy atom. The molecule has 0 aliphatic carbocycles. The van der Waals surface area contributed by atoms with Gasteiger partial charge in [-0.2, -0.15) is 0 Å². The number of benzene rings is 1. The Kier molecular flexibility index (Phi) is 5.05. The van der Waals surface area contributed by atoms with Gasteiger partial charge in [-0.15, -0.1) is 0 Å². The summed E-state index contributed by atoms with van der Waals surface area (Å²) in [7, 11) is 0. The van der Waals surface area contributed by atoms with Crippen molar-refractivity contribution in [3.63, 3.8) is 0 Å². The Bertz CT molecular complexity index is 614. The van der Waals surface area contributed by atoms with Gasteiger partial charge in [0.2, 0.25) is 11.8 Å². The molecular weight excluding hydrogens is 312 g/mol. The highest BCUT2D eigenvalue weighted by atomic mass is 16.6. The van der Waals surface area contributed by atoms with Crippen molar-refractivity contribution in [1.82, 2.24) is 10.3 Å². The van der Waals surface area contributed by atoms with Crippen LogP contribution >= 0.6 is 0 Å². The summed E-state index contributed by atoms with van der Waals surface area (Å²) < 4.78 is 11.1. The van der Waals surface area contributed by atoms with Crippen molar-refractivity contribution in [2.75, 3.05) is 44.3 Å².